The first-order valence-electron chi connectivity index (χ1n) is 21.6. The average molecular weight is 899 g/mol. The summed E-state index contributed by atoms with van der Waals surface area (Å²) in [7, 11) is 0. The number of fused-ring (bicyclic) bond motifs is 5. The van der Waals surface area contributed by atoms with Gasteiger partial charge in [0.15, 0.2) is 23.6 Å². The van der Waals surface area contributed by atoms with E-state index >= 15 is 4.79 Å². The van der Waals surface area contributed by atoms with Crippen molar-refractivity contribution < 1.29 is 77.2 Å². The van der Waals surface area contributed by atoms with E-state index in [-0.39, 0.29) is 56.0 Å². The normalized spacial score (nSPS) is 33.0. The molecule has 5 aliphatic rings. The number of allylic oxidation sites excluding steroid dienone is 1. The van der Waals surface area contributed by atoms with Gasteiger partial charge >= 0.3 is 30.1 Å². The molecule has 2 heterocycles. The molecule has 1 aromatic carbocycles. The lowest BCUT2D eigenvalue weighted by atomic mass is 9.44. The largest absolute Gasteiger partial charge is 0.456 e. The Balaban J connectivity index is 1.56. The predicted molar refractivity (Wildman–Crippen MR) is 224 cm³/mol. The molecule has 18 heteroatoms. The van der Waals surface area contributed by atoms with E-state index in [2.05, 4.69) is 5.32 Å². The zero-order valence-corrected chi connectivity index (χ0v) is 38.1. The topological polar surface area (TPSA) is 243 Å². The van der Waals surface area contributed by atoms with Crippen molar-refractivity contribution in [1.29, 1.82) is 0 Å². The van der Waals surface area contributed by atoms with Crippen LogP contribution in [0.3, 0.4) is 0 Å². The van der Waals surface area contributed by atoms with Crippen LogP contribution in [0.4, 0.5) is 9.59 Å². The molecule has 64 heavy (non-hydrogen) atoms. The molecule has 3 aliphatic carbocycles. The van der Waals surface area contributed by atoms with Crippen LogP contribution < -0.4 is 5.32 Å². The van der Waals surface area contributed by atoms with Crippen LogP contribution in [0.2, 0.25) is 0 Å². The van der Waals surface area contributed by atoms with Crippen molar-refractivity contribution in [2.24, 2.45) is 16.7 Å². The van der Waals surface area contributed by atoms with Crippen molar-refractivity contribution >= 4 is 35.9 Å². The zero-order chi connectivity index (χ0) is 47.3. The Morgan fingerprint density at radius 2 is 1.62 bits per heavy atom. The fourth-order valence-electron chi connectivity index (χ4n) is 10.1. The molecule has 11 atom stereocenters. The molecule has 2 saturated heterocycles. The summed E-state index contributed by atoms with van der Waals surface area (Å²) in [4.78, 5) is 85.8. The molecule has 4 N–H and O–H groups in total. The Hall–Kier alpha value is -4.88. The number of ketones is 1. The maximum atomic E-state index is 15.8. The van der Waals surface area contributed by atoms with Crippen LogP contribution in [-0.2, 0) is 47.5 Å². The van der Waals surface area contributed by atoms with Crippen LogP contribution >= 0.6 is 0 Å². The van der Waals surface area contributed by atoms with Crippen molar-refractivity contribution in [3.05, 3.63) is 58.7 Å². The number of aliphatic hydroxyl groups is 3. The number of hydrogen-bond donors (Lipinski definition) is 4. The first-order valence-corrected chi connectivity index (χ1v) is 21.6. The van der Waals surface area contributed by atoms with E-state index in [9.17, 15) is 39.3 Å². The van der Waals surface area contributed by atoms with Gasteiger partial charge < -0.3 is 58.7 Å². The third kappa shape index (κ3) is 8.78. The molecular formula is C46H62N2O16. The standard InChI is InChI=1S/C46H62N2O16/c1-24(2)20-28(47-40(55)64-42(5,6)7)33(51)39(54)60-29-22-46(57)37(62-38(53)27-14-12-11-13-15-27)35-44(10,30(50)21-31-45(35,23-59-31)63-26(4)49)36(52)34(32(25(29)3)43(46,8)9)61-41(56)48-16-18-58-19-17-48/h11-15,20,28-31,33-35,37,50-51,57H,16-19,21-23H2,1-10H3,(H,47,55)/t28-,29-,30-,31+,33+,34+,35-,37-,44+,45-,46+/m0/s1. The van der Waals surface area contributed by atoms with Crippen molar-refractivity contribution in [3.63, 3.8) is 0 Å². The lowest BCUT2D eigenvalue weighted by Gasteiger charge is -2.67. The number of carbonyl (C=O) groups excluding carboxylic acids is 6. The van der Waals surface area contributed by atoms with Gasteiger partial charge in [-0.3, -0.25) is 9.59 Å². The van der Waals surface area contributed by atoms with E-state index in [4.69, 9.17) is 33.2 Å². The number of aliphatic hydroxyl groups excluding tert-OH is 2. The maximum absolute atomic E-state index is 15.8. The van der Waals surface area contributed by atoms with E-state index in [1.165, 1.54) is 37.0 Å². The molecule has 0 spiro atoms. The van der Waals surface area contributed by atoms with E-state index in [1.54, 1.807) is 66.7 Å². The van der Waals surface area contributed by atoms with Gasteiger partial charge in [-0.2, -0.15) is 0 Å². The number of nitrogens with zero attached hydrogens (tertiary/aromatic N) is 1. The number of alkyl carbamates (subject to hydrolysis) is 1. The van der Waals surface area contributed by atoms with Crippen molar-refractivity contribution in [2.75, 3.05) is 32.9 Å². The molecule has 0 aromatic heterocycles. The number of benzene rings is 1. The monoisotopic (exact) mass is 898 g/mol. The number of carbonyl (C=O) groups is 6. The number of amides is 2. The Bertz CT molecular complexity index is 2070. The highest BCUT2D eigenvalue weighted by atomic mass is 16.6. The fourth-order valence-corrected chi connectivity index (χ4v) is 10.1. The summed E-state index contributed by atoms with van der Waals surface area (Å²) in [5.41, 5.74) is -8.11. The molecule has 18 nitrogen and oxygen atoms in total. The van der Waals surface area contributed by atoms with Gasteiger partial charge in [0.25, 0.3) is 0 Å². The Morgan fingerprint density at radius 3 is 2.19 bits per heavy atom. The van der Waals surface area contributed by atoms with Crippen LogP contribution in [-0.4, -0.2) is 148 Å². The molecule has 2 bridgehead atoms. The van der Waals surface area contributed by atoms with Gasteiger partial charge in [-0.15, -0.1) is 0 Å². The second kappa shape index (κ2) is 17.8. The number of nitrogens with one attached hydrogen (secondary N) is 1. The molecule has 0 unspecified atom stereocenters. The summed E-state index contributed by atoms with van der Waals surface area (Å²) < 4.78 is 41.5. The number of esters is 3. The summed E-state index contributed by atoms with van der Waals surface area (Å²) >= 11 is 0. The molecule has 1 aromatic rings. The van der Waals surface area contributed by atoms with Gasteiger partial charge in [0.05, 0.1) is 48.9 Å². The van der Waals surface area contributed by atoms with Crippen molar-refractivity contribution in [1.82, 2.24) is 10.2 Å². The van der Waals surface area contributed by atoms with Gasteiger partial charge in [0, 0.05) is 38.3 Å². The van der Waals surface area contributed by atoms with E-state index in [1.807, 2.05) is 0 Å². The maximum Gasteiger partial charge on any atom is 0.410 e. The second-order valence-corrected chi connectivity index (χ2v) is 19.4. The molecule has 2 saturated carbocycles. The highest BCUT2D eigenvalue weighted by molar-refractivity contribution is 5.95. The van der Waals surface area contributed by atoms with Gasteiger partial charge in [-0.1, -0.05) is 43.7 Å². The van der Waals surface area contributed by atoms with Crippen molar-refractivity contribution in [3.8, 4) is 0 Å². The van der Waals surface area contributed by atoms with Gasteiger partial charge in [0.1, 0.15) is 29.5 Å². The molecule has 352 valence electrons. The lowest BCUT2D eigenvalue weighted by molar-refractivity contribution is -0.345. The highest BCUT2D eigenvalue weighted by Gasteiger charge is 2.78. The van der Waals surface area contributed by atoms with Crippen LogP contribution in [0.15, 0.2) is 53.1 Å². The molecular weight excluding hydrogens is 837 g/mol. The average Bonchev–Trinajstić information content (AvgIpc) is 3.20. The minimum atomic E-state index is -2.42. The summed E-state index contributed by atoms with van der Waals surface area (Å²) in [5, 5.41) is 40.1. The summed E-state index contributed by atoms with van der Waals surface area (Å²) in [6.45, 7) is 15.8. The lowest BCUT2D eigenvalue weighted by Crippen LogP contribution is -2.82. The Labute approximate surface area is 372 Å². The second-order valence-electron chi connectivity index (χ2n) is 19.4. The smallest absolute Gasteiger partial charge is 0.410 e. The molecule has 0 radical (unpaired) electrons. The summed E-state index contributed by atoms with van der Waals surface area (Å²) in [6, 6.07) is 6.48. The number of morpholine rings is 1. The van der Waals surface area contributed by atoms with Crippen molar-refractivity contribution in [2.45, 2.75) is 142 Å². The number of ether oxygens (including phenoxy) is 7. The number of rotatable bonds is 9. The predicted octanol–water partition coefficient (Wildman–Crippen LogP) is 3.33. The van der Waals surface area contributed by atoms with E-state index in [0.29, 0.717) is 5.57 Å². The Kier molecular flexibility index (Phi) is 13.5. The summed E-state index contributed by atoms with van der Waals surface area (Å²) in [5.74, 6) is -5.43. The number of Topliss-reactive ketones (excluding diaryl/α,β-unsaturated/α-hetero) is 1. The third-order valence-corrected chi connectivity index (χ3v) is 13.4. The quantitative estimate of drug-likeness (QED) is 0.158. The summed E-state index contributed by atoms with van der Waals surface area (Å²) in [6.07, 6.45) is -11.1. The first-order chi connectivity index (χ1) is 29.8. The minimum Gasteiger partial charge on any atom is -0.456 e. The zero-order valence-electron chi connectivity index (χ0n) is 38.1. The van der Waals surface area contributed by atoms with Crippen LogP contribution in [0.5, 0.6) is 0 Å². The minimum absolute atomic E-state index is 0.0194. The first kappa shape index (κ1) is 48.6. The van der Waals surface area contributed by atoms with E-state index in [0.717, 1.165) is 6.92 Å². The Morgan fingerprint density at radius 1 is 0.984 bits per heavy atom. The van der Waals surface area contributed by atoms with E-state index < -0.39 is 119 Å². The number of hydrogen-bond acceptors (Lipinski definition) is 16. The fraction of sp³-hybridized carbons (Fsp3) is 0.652. The van der Waals surface area contributed by atoms with Crippen LogP contribution in [0, 0.1) is 16.7 Å². The molecule has 4 fully saturated rings. The van der Waals surface area contributed by atoms with Gasteiger partial charge in [0.2, 0.25) is 0 Å². The van der Waals surface area contributed by atoms with Crippen LogP contribution in [0.25, 0.3) is 0 Å². The van der Waals surface area contributed by atoms with Gasteiger partial charge in [-0.25, -0.2) is 19.2 Å². The molecule has 2 aliphatic heterocycles. The molecule has 6 rings (SSSR count). The van der Waals surface area contributed by atoms with Gasteiger partial charge in [-0.05, 0) is 71.7 Å². The third-order valence-electron chi connectivity index (χ3n) is 13.4. The van der Waals surface area contributed by atoms with Crippen LogP contribution in [0.1, 0.15) is 92.4 Å². The highest BCUT2D eigenvalue weighted by Crippen LogP contribution is 2.64. The molecule has 2 amide bonds. The SMILES string of the molecule is CC(=O)O[C@@]12CO[C@@H]1C[C@H](O)[C@@]1(C)C(=O)[C@H](OC(=O)N3CCOCC3)C3=C(C)[C@@H](OC(=O)[C@H](O)[C@H](C=C(C)C)NC(=O)OC(C)(C)C)C[C@@](O)([C@@H](OC(=O)c4ccccc4)[C@H]21)C3(C)C.